The quantitative estimate of drug-likeness (QED) is 0.875. The lowest BCUT2D eigenvalue weighted by Gasteiger charge is -2.26. The summed E-state index contributed by atoms with van der Waals surface area (Å²) >= 11 is 0. The van der Waals surface area contributed by atoms with E-state index in [9.17, 15) is 9.59 Å². The summed E-state index contributed by atoms with van der Waals surface area (Å²) in [4.78, 5) is 26.1. The molecule has 0 spiro atoms. The molecule has 0 bridgehead atoms. The van der Waals surface area contributed by atoms with Crippen LogP contribution in [0.3, 0.4) is 0 Å². The number of hydrogen-bond donors (Lipinski definition) is 1. The van der Waals surface area contributed by atoms with Crippen molar-refractivity contribution in [2.75, 3.05) is 11.4 Å². The molecule has 5 heteroatoms. The van der Waals surface area contributed by atoms with Gasteiger partial charge in [-0.3, -0.25) is 9.59 Å². The van der Waals surface area contributed by atoms with Gasteiger partial charge in [-0.25, -0.2) is 0 Å². The Morgan fingerprint density at radius 3 is 2.72 bits per heavy atom. The third-order valence-corrected chi connectivity index (χ3v) is 4.55. The molecule has 1 atom stereocenters. The number of hydrogen-bond acceptors (Lipinski definition) is 3. The Morgan fingerprint density at radius 1 is 1.24 bits per heavy atom. The monoisotopic (exact) mass is 340 g/mol. The van der Waals surface area contributed by atoms with Crippen molar-refractivity contribution in [1.82, 2.24) is 5.32 Å². The van der Waals surface area contributed by atoms with Crippen molar-refractivity contribution in [3.05, 3.63) is 54.0 Å². The van der Waals surface area contributed by atoms with E-state index in [-0.39, 0.29) is 17.9 Å². The van der Waals surface area contributed by atoms with Gasteiger partial charge in [0.25, 0.3) is 5.91 Å². The van der Waals surface area contributed by atoms with Crippen LogP contribution in [0.4, 0.5) is 5.69 Å². The second kappa shape index (κ2) is 8.01. The largest absolute Gasteiger partial charge is 0.469 e. The average molecular weight is 340 g/mol. The zero-order valence-electron chi connectivity index (χ0n) is 14.5. The summed E-state index contributed by atoms with van der Waals surface area (Å²) < 4.78 is 5.31. The second-order valence-electron chi connectivity index (χ2n) is 6.54. The molecule has 2 amide bonds. The Labute approximate surface area is 148 Å². The van der Waals surface area contributed by atoms with Crippen LogP contribution in [0.25, 0.3) is 0 Å². The van der Waals surface area contributed by atoms with Crippen LogP contribution in [0.1, 0.15) is 48.7 Å². The van der Waals surface area contributed by atoms with Crippen LogP contribution in [0.5, 0.6) is 0 Å². The summed E-state index contributed by atoms with van der Waals surface area (Å²) in [6.45, 7) is 2.75. The summed E-state index contributed by atoms with van der Waals surface area (Å²) in [5.41, 5.74) is 1.48. The van der Waals surface area contributed by atoms with Crippen LogP contribution in [-0.2, 0) is 11.2 Å². The Kier molecular flexibility index (Phi) is 5.53. The van der Waals surface area contributed by atoms with Crippen LogP contribution in [0, 0.1) is 0 Å². The van der Waals surface area contributed by atoms with Crippen molar-refractivity contribution in [3.8, 4) is 0 Å². The minimum atomic E-state index is -0.0940. The van der Waals surface area contributed by atoms with Crippen LogP contribution in [0.2, 0.25) is 0 Å². The minimum Gasteiger partial charge on any atom is -0.469 e. The highest BCUT2D eigenvalue weighted by molar-refractivity contribution is 5.97. The molecular weight excluding hydrogens is 316 g/mol. The lowest BCUT2D eigenvalue weighted by molar-refractivity contribution is -0.119. The molecule has 1 saturated heterocycles. The molecule has 2 heterocycles. The number of aryl methyl sites for hydroxylation is 1. The molecule has 0 saturated carbocycles. The number of rotatable bonds is 6. The number of amides is 2. The number of anilines is 1. The Bertz CT molecular complexity index is 707. The second-order valence-corrected chi connectivity index (χ2v) is 6.54. The number of carbonyl (C=O) groups excluding carboxylic acids is 2. The topological polar surface area (TPSA) is 62.6 Å². The Hall–Kier alpha value is -2.56. The number of carbonyl (C=O) groups is 2. The van der Waals surface area contributed by atoms with Gasteiger partial charge in [0.05, 0.1) is 6.26 Å². The average Bonchev–Trinajstić information content (AvgIpc) is 3.14. The van der Waals surface area contributed by atoms with Gasteiger partial charge in [0.2, 0.25) is 5.91 Å². The highest BCUT2D eigenvalue weighted by Gasteiger charge is 2.19. The van der Waals surface area contributed by atoms with Gasteiger partial charge in [-0.15, -0.1) is 0 Å². The molecule has 0 radical (unpaired) electrons. The molecule has 1 aliphatic heterocycles. The highest BCUT2D eigenvalue weighted by atomic mass is 16.3. The van der Waals surface area contributed by atoms with E-state index < -0.39 is 0 Å². The molecule has 1 aliphatic rings. The predicted molar refractivity (Wildman–Crippen MR) is 96.6 cm³/mol. The standard InChI is InChI=1S/C20H24N2O3/c1-15(7-12-18-5-4-14-25-18)21-20(24)16-8-10-17(11-9-16)22-13-3-2-6-19(22)23/h4-5,8-11,14-15H,2-3,6-7,12-13H2,1H3,(H,21,24). The first-order valence-corrected chi connectivity index (χ1v) is 8.87. The van der Waals surface area contributed by atoms with Crippen molar-refractivity contribution in [1.29, 1.82) is 0 Å². The van der Waals surface area contributed by atoms with E-state index in [0.717, 1.165) is 43.7 Å². The maximum atomic E-state index is 12.4. The Morgan fingerprint density at radius 2 is 2.04 bits per heavy atom. The van der Waals surface area contributed by atoms with Crippen molar-refractivity contribution in [3.63, 3.8) is 0 Å². The van der Waals surface area contributed by atoms with Crippen molar-refractivity contribution >= 4 is 17.5 Å². The normalized spacial score (nSPS) is 15.9. The molecular formula is C20H24N2O3. The first-order valence-electron chi connectivity index (χ1n) is 8.87. The van der Waals surface area contributed by atoms with E-state index in [1.165, 1.54) is 0 Å². The van der Waals surface area contributed by atoms with E-state index in [0.29, 0.717) is 12.0 Å². The summed E-state index contributed by atoms with van der Waals surface area (Å²) in [5.74, 6) is 0.995. The van der Waals surface area contributed by atoms with Crippen LogP contribution in [-0.4, -0.2) is 24.4 Å². The number of nitrogens with one attached hydrogen (secondary N) is 1. The molecule has 1 aromatic carbocycles. The summed E-state index contributed by atoms with van der Waals surface area (Å²) in [6.07, 6.45) is 5.87. The molecule has 3 rings (SSSR count). The lowest BCUT2D eigenvalue weighted by atomic mass is 10.1. The number of furan rings is 1. The SMILES string of the molecule is CC(CCc1ccco1)NC(=O)c1ccc(N2CCCCC2=O)cc1. The zero-order chi connectivity index (χ0) is 17.6. The van der Waals surface area contributed by atoms with Gasteiger partial charge in [-0.1, -0.05) is 0 Å². The minimum absolute atomic E-state index is 0.0564. The third kappa shape index (κ3) is 4.50. The Balaban J connectivity index is 1.54. The fourth-order valence-electron chi connectivity index (χ4n) is 3.06. The highest BCUT2D eigenvalue weighted by Crippen LogP contribution is 2.21. The van der Waals surface area contributed by atoms with Gasteiger partial charge >= 0.3 is 0 Å². The third-order valence-electron chi connectivity index (χ3n) is 4.55. The van der Waals surface area contributed by atoms with Crippen molar-refractivity contribution in [2.24, 2.45) is 0 Å². The molecule has 25 heavy (non-hydrogen) atoms. The molecule has 1 fully saturated rings. The van der Waals surface area contributed by atoms with E-state index in [4.69, 9.17) is 4.42 Å². The summed E-state index contributed by atoms with van der Waals surface area (Å²) in [5, 5.41) is 3.01. The number of benzene rings is 1. The van der Waals surface area contributed by atoms with Gasteiger partial charge in [-0.2, -0.15) is 0 Å². The maximum Gasteiger partial charge on any atom is 0.251 e. The van der Waals surface area contributed by atoms with Gasteiger partial charge in [-0.05, 0) is 62.6 Å². The number of piperidine rings is 1. The van der Waals surface area contributed by atoms with Crippen molar-refractivity contribution in [2.45, 2.75) is 45.1 Å². The molecule has 1 aromatic heterocycles. The fourth-order valence-corrected chi connectivity index (χ4v) is 3.06. The van der Waals surface area contributed by atoms with Crippen molar-refractivity contribution < 1.29 is 14.0 Å². The van der Waals surface area contributed by atoms with Gasteiger partial charge in [0.15, 0.2) is 0 Å². The molecule has 0 aliphatic carbocycles. The number of nitrogens with zero attached hydrogens (tertiary/aromatic N) is 1. The van der Waals surface area contributed by atoms with Gasteiger partial charge in [0, 0.05) is 36.7 Å². The van der Waals surface area contributed by atoms with Crippen LogP contribution < -0.4 is 10.2 Å². The van der Waals surface area contributed by atoms with E-state index in [2.05, 4.69) is 5.32 Å². The molecule has 2 aromatic rings. The fraction of sp³-hybridized carbons (Fsp3) is 0.400. The van der Waals surface area contributed by atoms with Gasteiger partial charge in [0.1, 0.15) is 5.76 Å². The summed E-state index contributed by atoms with van der Waals surface area (Å²) in [7, 11) is 0. The van der Waals surface area contributed by atoms with Gasteiger partial charge < -0.3 is 14.6 Å². The molecule has 5 nitrogen and oxygen atoms in total. The molecule has 1 unspecified atom stereocenters. The summed E-state index contributed by atoms with van der Waals surface area (Å²) in [6, 6.07) is 11.1. The lowest BCUT2D eigenvalue weighted by Crippen LogP contribution is -2.35. The first kappa shape index (κ1) is 17.3. The van der Waals surface area contributed by atoms with E-state index in [1.54, 1.807) is 23.3 Å². The maximum absolute atomic E-state index is 12.4. The van der Waals surface area contributed by atoms with Crippen LogP contribution in [0.15, 0.2) is 47.1 Å². The predicted octanol–water partition coefficient (Wildman–Crippen LogP) is 3.55. The molecule has 132 valence electrons. The molecule has 1 N–H and O–H groups in total. The smallest absolute Gasteiger partial charge is 0.251 e. The zero-order valence-corrected chi connectivity index (χ0v) is 14.5. The van der Waals surface area contributed by atoms with E-state index >= 15 is 0 Å². The van der Waals surface area contributed by atoms with E-state index in [1.807, 2.05) is 31.2 Å². The first-order chi connectivity index (χ1) is 12.1. The van der Waals surface area contributed by atoms with Crippen LogP contribution >= 0.6 is 0 Å².